The third kappa shape index (κ3) is 3.45. The monoisotopic (exact) mass is 541 g/mol. The van der Waals surface area contributed by atoms with Gasteiger partial charge in [-0.15, -0.1) is 0 Å². The zero-order chi connectivity index (χ0) is 27.6. The normalized spacial score (nSPS) is 15.5. The Morgan fingerprint density at radius 3 is 2.31 bits per heavy atom. The van der Waals surface area contributed by atoms with E-state index in [9.17, 15) is 0 Å². The maximum absolute atomic E-state index is 6.55. The van der Waals surface area contributed by atoms with Crippen molar-refractivity contribution in [3.05, 3.63) is 155 Å². The smallest absolute Gasteiger partial charge is 0.145 e. The van der Waals surface area contributed by atoms with Crippen LogP contribution < -0.4 is 5.32 Å². The number of benzene rings is 5. The molecule has 4 nitrogen and oxygen atoms in total. The summed E-state index contributed by atoms with van der Waals surface area (Å²) in [5.41, 5.74) is 12.6. The standard InChI is InChI=1S/C38H27N3O/c1-3-11-24(12-4-1)36-30-23-26(19-21-31(30)39-38(40-36)25-13-5-2-6-14-25)41-32-17-9-7-16-29(32)35-33(41)22-20-28-27-15-8-10-18-34(27)42-37(28)35/h1-19,21,23,38-39H,20,22H2. The topological polar surface area (TPSA) is 42.5 Å². The van der Waals surface area contributed by atoms with Crippen molar-refractivity contribution < 1.29 is 4.42 Å². The Hall–Kier alpha value is -5.35. The average molecular weight is 542 g/mol. The van der Waals surface area contributed by atoms with E-state index < -0.39 is 0 Å². The highest BCUT2D eigenvalue weighted by Gasteiger charge is 2.30. The first-order valence-electron chi connectivity index (χ1n) is 14.6. The van der Waals surface area contributed by atoms with Gasteiger partial charge in [-0.05, 0) is 48.7 Å². The number of hydrogen-bond acceptors (Lipinski definition) is 3. The Morgan fingerprint density at radius 1 is 0.714 bits per heavy atom. The summed E-state index contributed by atoms with van der Waals surface area (Å²) in [6, 6.07) is 44.9. The van der Waals surface area contributed by atoms with Crippen molar-refractivity contribution >= 4 is 33.3 Å². The van der Waals surface area contributed by atoms with Gasteiger partial charge in [-0.1, -0.05) is 97.1 Å². The van der Waals surface area contributed by atoms with Crippen LogP contribution in [0.2, 0.25) is 0 Å². The van der Waals surface area contributed by atoms with Gasteiger partial charge in [-0.25, -0.2) is 0 Å². The Kier molecular flexibility index (Phi) is 5.05. The van der Waals surface area contributed by atoms with Crippen LogP contribution >= 0.6 is 0 Å². The molecule has 200 valence electrons. The number of furan rings is 1. The first-order chi connectivity index (χ1) is 20.8. The van der Waals surface area contributed by atoms with Crippen molar-refractivity contribution in [2.75, 3.05) is 5.32 Å². The zero-order valence-corrected chi connectivity index (χ0v) is 22.9. The maximum atomic E-state index is 6.55. The molecule has 2 aromatic heterocycles. The number of fused-ring (bicyclic) bond motifs is 8. The molecule has 4 heteroatoms. The van der Waals surface area contributed by atoms with Gasteiger partial charge in [0.1, 0.15) is 17.5 Å². The second-order valence-electron chi connectivity index (χ2n) is 11.1. The molecule has 0 bridgehead atoms. The molecule has 0 saturated heterocycles. The highest BCUT2D eigenvalue weighted by molar-refractivity contribution is 6.17. The molecule has 3 heterocycles. The van der Waals surface area contributed by atoms with Crippen LogP contribution in [0.3, 0.4) is 0 Å². The Labute approximate surface area is 243 Å². The van der Waals surface area contributed by atoms with E-state index in [-0.39, 0.29) is 6.17 Å². The SMILES string of the molecule is c1ccc(C2=NC(c3ccccc3)Nc3ccc(-n4c5c(c6ccccc64)-c4oc6ccccc6c4CC5)cc32)cc1. The lowest BCUT2D eigenvalue weighted by Crippen LogP contribution is -2.21. The van der Waals surface area contributed by atoms with Crippen molar-refractivity contribution in [1.29, 1.82) is 0 Å². The van der Waals surface area contributed by atoms with E-state index in [1.165, 1.54) is 33.1 Å². The van der Waals surface area contributed by atoms with Gasteiger partial charge in [0.2, 0.25) is 0 Å². The molecule has 1 N–H and O–H groups in total. The fourth-order valence-corrected chi connectivity index (χ4v) is 6.86. The number of anilines is 1. The summed E-state index contributed by atoms with van der Waals surface area (Å²) in [5.74, 6) is 1.02. The van der Waals surface area contributed by atoms with Crippen LogP contribution in [-0.4, -0.2) is 10.3 Å². The fourth-order valence-electron chi connectivity index (χ4n) is 6.86. The molecule has 1 atom stereocenters. The number of nitrogens with zero attached hydrogens (tertiary/aromatic N) is 2. The summed E-state index contributed by atoms with van der Waals surface area (Å²) < 4.78 is 8.99. The first-order valence-corrected chi connectivity index (χ1v) is 14.6. The van der Waals surface area contributed by atoms with Crippen molar-refractivity contribution in [2.24, 2.45) is 4.99 Å². The molecule has 0 amide bonds. The predicted molar refractivity (Wildman–Crippen MR) is 171 cm³/mol. The molecule has 2 aliphatic rings. The number of hydrogen-bond donors (Lipinski definition) is 1. The van der Waals surface area contributed by atoms with Gasteiger partial charge in [0.15, 0.2) is 0 Å². The van der Waals surface area contributed by atoms with Crippen LogP contribution in [0.15, 0.2) is 137 Å². The van der Waals surface area contributed by atoms with Gasteiger partial charge in [0, 0.05) is 50.1 Å². The van der Waals surface area contributed by atoms with E-state index in [0.29, 0.717) is 0 Å². The summed E-state index contributed by atoms with van der Waals surface area (Å²) in [5, 5.41) is 6.16. The van der Waals surface area contributed by atoms with Gasteiger partial charge < -0.3 is 14.3 Å². The number of aryl methyl sites for hydroxylation is 1. The number of para-hydroxylation sites is 2. The lowest BCUT2D eigenvalue weighted by molar-refractivity contribution is 0.620. The van der Waals surface area contributed by atoms with E-state index in [1.807, 2.05) is 6.07 Å². The number of aromatic nitrogens is 1. The van der Waals surface area contributed by atoms with E-state index in [0.717, 1.165) is 58.0 Å². The van der Waals surface area contributed by atoms with Crippen molar-refractivity contribution in [1.82, 2.24) is 4.57 Å². The minimum Gasteiger partial charge on any atom is -0.456 e. The third-order valence-corrected chi connectivity index (χ3v) is 8.74. The summed E-state index contributed by atoms with van der Waals surface area (Å²) >= 11 is 0. The largest absolute Gasteiger partial charge is 0.456 e. The molecule has 0 spiro atoms. The molecule has 7 aromatic rings. The number of aliphatic imine (C=N–C) groups is 1. The molecule has 9 rings (SSSR count). The highest BCUT2D eigenvalue weighted by atomic mass is 16.3. The summed E-state index contributed by atoms with van der Waals surface area (Å²) in [6.07, 6.45) is 1.76. The maximum Gasteiger partial charge on any atom is 0.145 e. The molecular weight excluding hydrogens is 514 g/mol. The quantitative estimate of drug-likeness (QED) is 0.242. The van der Waals surface area contributed by atoms with Crippen molar-refractivity contribution in [2.45, 2.75) is 19.0 Å². The van der Waals surface area contributed by atoms with Crippen LogP contribution in [0.5, 0.6) is 0 Å². The molecule has 1 aliphatic carbocycles. The third-order valence-electron chi connectivity index (χ3n) is 8.74. The van der Waals surface area contributed by atoms with Gasteiger partial charge in [0.05, 0.1) is 11.2 Å². The summed E-state index contributed by atoms with van der Waals surface area (Å²) in [4.78, 5) is 5.27. The van der Waals surface area contributed by atoms with Crippen LogP contribution in [0.25, 0.3) is 38.9 Å². The molecule has 1 aliphatic heterocycles. The second-order valence-corrected chi connectivity index (χ2v) is 11.1. The summed E-state index contributed by atoms with van der Waals surface area (Å²) in [7, 11) is 0. The van der Waals surface area contributed by atoms with Gasteiger partial charge in [-0.3, -0.25) is 4.99 Å². The van der Waals surface area contributed by atoms with E-state index >= 15 is 0 Å². The average Bonchev–Trinajstić information content (AvgIpc) is 3.61. The van der Waals surface area contributed by atoms with Crippen molar-refractivity contribution in [3.8, 4) is 17.0 Å². The Bertz CT molecular complexity index is 2170. The Morgan fingerprint density at radius 2 is 1.45 bits per heavy atom. The van der Waals surface area contributed by atoms with E-state index in [2.05, 4.69) is 131 Å². The van der Waals surface area contributed by atoms with E-state index in [4.69, 9.17) is 9.41 Å². The first kappa shape index (κ1) is 23.4. The summed E-state index contributed by atoms with van der Waals surface area (Å²) in [6.45, 7) is 0. The van der Waals surface area contributed by atoms with Crippen molar-refractivity contribution in [3.63, 3.8) is 0 Å². The molecule has 0 radical (unpaired) electrons. The van der Waals surface area contributed by atoms with E-state index in [1.54, 1.807) is 0 Å². The van der Waals surface area contributed by atoms with Gasteiger partial charge >= 0.3 is 0 Å². The molecule has 5 aromatic carbocycles. The fraction of sp³-hybridized carbons (Fsp3) is 0.0789. The van der Waals surface area contributed by atoms with Crippen LogP contribution in [-0.2, 0) is 12.8 Å². The second kappa shape index (κ2) is 9.08. The number of rotatable bonds is 3. The lowest BCUT2D eigenvalue weighted by atomic mass is 9.92. The van der Waals surface area contributed by atoms with Crippen LogP contribution in [0.1, 0.15) is 34.1 Å². The predicted octanol–water partition coefficient (Wildman–Crippen LogP) is 9.10. The number of nitrogens with one attached hydrogen (secondary N) is 1. The minimum absolute atomic E-state index is 0.147. The van der Waals surface area contributed by atoms with Crippen LogP contribution in [0, 0.1) is 0 Å². The molecule has 42 heavy (non-hydrogen) atoms. The highest BCUT2D eigenvalue weighted by Crippen LogP contribution is 2.46. The molecule has 0 saturated carbocycles. The van der Waals surface area contributed by atoms with Gasteiger partial charge in [-0.2, -0.15) is 0 Å². The minimum atomic E-state index is -0.147. The van der Waals surface area contributed by atoms with Crippen LogP contribution in [0.4, 0.5) is 5.69 Å². The lowest BCUT2D eigenvalue weighted by Gasteiger charge is -2.27. The molecule has 0 fully saturated rings. The molecular formula is C38H27N3O. The molecule has 1 unspecified atom stereocenters. The zero-order valence-electron chi connectivity index (χ0n) is 22.9. The van der Waals surface area contributed by atoms with Gasteiger partial charge in [0.25, 0.3) is 0 Å². The Balaban J connectivity index is 1.25.